The minimum absolute atomic E-state index is 0.0197. The third-order valence-corrected chi connectivity index (χ3v) is 4.17. The van der Waals surface area contributed by atoms with Crippen LogP contribution in [0.25, 0.3) is 0 Å². The maximum atomic E-state index is 12.2. The fourth-order valence-corrected chi connectivity index (χ4v) is 2.78. The van der Waals surface area contributed by atoms with E-state index in [-0.39, 0.29) is 11.7 Å². The Balaban J connectivity index is 1.74. The summed E-state index contributed by atoms with van der Waals surface area (Å²) in [5.41, 5.74) is 0.594. The molecule has 1 heterocycles. The van der Waals surface area contributed by atoms with Crippen LogP contribution in [-0.4, -0.2) is 47.4 Å². The Labute approximate surface area is 141 Å². The minimum Gasteiger partial charge on any atom is -0.494 e. The van der Waals surface area contributed by atoms with Crippen LogP contribution in [0.4, 0.5) is 0 Å². The van der Waals surface area contributed by atoms with Crippen molar-refractivity contribution in [2.75, 3.05) is 19.7 Å². The first-order valence-corrected chi connectivity index (χ1v) is 8.21. The highest BCUT2D eigenvalue weighted by atomic mass is 16.5. The lowest BCUT2D eigenvalue weighted by Crippen LogP contribution is -2.42. The van der Waals surface area contributed by atoms with Crippen molar-refractivity contribution in [2.45, 2.75) is 32.6 Å². The van der Waals surface area contributed by atoms with E-state index in [0.717, 1.165) is 6.42 Å². The Morgan fingerprint density at radius 3 is 2.83 bits per heavy atom. The van der Waals surface area contributed by atoms with Gasteiger partial charge in [0.05, 0.1) is 12.5 Å². The zero-order valence-corrected chi connectivity index (χ0v) is 13.9. The van der Waals surface area contributed by atoms with Crippen LogP contribution in [0.1, 0.15) is 43.0 Å². The van der Waals surface area contributed by atoms with Gasteiger partial charge in [-0.05, 0) is 38.3 Å². The molecular formula is C18H23NO5. The predicted molar refractivity (Wildman–Crippen MR) is 88.1 cm³/mol. The summed E-state index contributed by atoms with van der Waals surface area (Å²) in [6.45, 7) is 2.81. The number of carbonyl (C=O) groups excluding carboxylic acids is 2. The standard InChI is InChI=1S/C18H23NO5/c1-13(20)14-5-2-7-16(11-14)24-10-4-8-17(21)19-9-3-6-15(12-19)18(22)23/h2,5,7,11,15H,3-4,6,8-10,12H2,1H3,(H,22,23). The van der Waals surface area contributed by atoms with Gasteiger partial charge < -0.3 is 14.7 Å². The lowest BCUT2D eigenvalue weighted by atomic mass is 9.98. The van der Waals surface area contributed by atoms with Crippen LogP contribution in [0.2, 0.25) is 0 Å². The van der Waals surface area contributed by atoms with Gasteiger partial charge in [0.2, 0.25) is 5.91 Å². The van der Waals surface area contributed by atoms with Crippen molar-refractivity contribution in [1.82, 2.24) is 4.90 Å². The Morgan fingerprint density at radius 1 is 1.33 bits per heavy atom. The fourth-order valence-electron chi connectivity index (χ4n) is 2.78. The Hall–Kier alpha value is -2.37. The van der Waals surface area contributed by atoms with E-state index in [2.05, 4.69) is 0 Å². The highest BCUT2D eigenvalue weighted by Gasteiger charge is 2.27. The number of carbonyl (C=O) groups is 3. The average Bonchev–Trinajstić information content (AvgIpc) is 2.58. The van der Waals surface area contributed by atoms with Gasteiger partial charge in [-0.3, -0.25) is 14.4 Å². The van der Waals surface area contributed by atoms with Crippen molar-refractivity contribution in [1.29, 1.82) is 0 Å². The van der Waals surface area contributed by atoms with E-state index in [0.29, 0.717) is 50.3 Å². The van der Waals surface area contributed by atoms with Gasteiger partial charge in [0, 0.05) is 25.1 Å². The number of hydrogen-bond donors (Lipinski definition) is 1. The number of ketones is 1. The molecule has 6 nitrogen and oxygen atoms in total. The first kappa shape index (κ1) is 18.0. The molecule has 0 spiro atoms. The van der Waals surface area contributed by atoms with Gasteiger partial charge in [-0.1, -0.05) is 12.1 Å². The monoisotopic (exact) mass is 333 g/mol. The summed E-state index contributed by atoms with van der Waals surface area (Å²) in [6, 6.07) is 6.95. The number of carboxylic acid groups (broad SMARTS) is 1. The lowest BCUT2D eigenvalue weighted by Gasteiger charge is -2.30. The summed E-state index contributed by atoms with van der Waals surface area (Å²) in [5.74, 6) is -0.718. The maximum Gasteiger partial charge on any atom is 0.308 e. The number of ether oxygens (including phenoxy) is 1. The molecule has 1 atom stereocenters. The maximum absolute atomic E-state index is 12.2. The second kappa shape index (κ2) is 8.47. The van der Waals surface area contributed by atoms with Crippen LogP contribution >= 0.6 is 0 Å². The quantitative estimate of drug-likeness (QED) is 0.612. The van der Waals surface area contributed by atoms with Crippen LogP contribution in [0.3, 0.4) is 0 Å². The van der Waals surface area contributed by atoms with Crippen molar-refractivity contribution >= 4 is 17.7 Å². The lowest BCUT2D eigenvalue weighted by molar-refractivity contribution is -0.145. The molecule has 2 rings (SSSR count). The van der Waals surface area contributed by atoms with Gasteiger partial charge >= 0.3 is 5.97 Å². The highest BCUT2D eigenvalue weighted by Crippen LogP contribution is 2.18. The molecule has 1 aliphatic heterocycles. The largest absolute Gasteiger partial charge is 0.494 e. The number of benzene rings is 1. The molecule has 1 amide bonds. The summed E-state index contributed by atoms with van der Waals surface area (Å²) in [6.07, 6.45) is 2.25. The molecular weight excluding hydrogens is 310 g/mol. The molecule has 1 saturated heterocycles. The third kappa shape index (κ3) is 5.08. The summed E-state index contributed by atoms with van der Waals surface area (Å²) in [4.78, 5) is 36.1. The van der Waals surface area contributed by atoms with Crippen molar-refractivity contribution in [2.24, 2.45) is 5.92 Å². The fraction of sp³-hybridized carbons (Fsp3) is 0.500. The summed E-state index contributed by atoms with van der Waals surface area (Å²) < 4.78 is 5.58. The summed E-state index contributed by atoms with van der Waals surface area (Å²) >= 11 is 0. The van der Waals surface area contributed by atoms with E-state index < -0.39 is 11.9 Å². The molecule has 24 heavy (non-hydrogen) atoms. The van der Waals surface area contributed by atoms with E-state index >= 15 is 0 Å². The molecule has 0 saturated carbocycles. The van der Waals surface area contributed by atoms with Crippen molar-refractivity contribution in [3.63, 3.8) is 0 Å². The Morgan fingerprint density at radius 2 is 2.12 bits per heavy atom. The first-order chi connectivity index (χ1) is 11.5. The van der Waals surface area contributed by atoms with E-state index in [9.17, 15) is 14.4 Å². The number of rotatable bonds is 7. The molecule has 0 radical (unpaired) electrons. The van der Waals surface area contributed by atoms with Gasteiger partial charge in [-0.15, -0.1) is 0 Å². The van der Waals surface area contributed by atoms with Crippen molar-refractivity contribution in [3.8, 4) is 5.75 Å². The van der Waals surface area contributed by atoms with Gasteiger partial charge in [0.1, 0.15) is 5.75 Å². The van der Waals surface area contributed by atoms with Crippen LogP contribution in [0.5, 0.6) is 5.75 Å². The molecule has 0 aromatic heterocycles. The number of piperidine rings is 1. The van der Waals surface area contributed by atoms with E-state index in [4.69, 9.17) is 9.84 Å². The number of likely N-dealkylation sites (tertiary alicyclic amines) is 1. The van der Waals surface area contributed by atoms with Crippen LogP contribution in [0.15, 0.2) is 24.3 Å². The van der Waals surface area contributed by atoms with Crippen molar-refractivity contribution in [3.05, 3.63) is 29.8 Å². The zero-order chi connectivity index (χ0) is 17.5. The van der Waals surface area contributed by atoms with Gasteiger partial charge in [-0.2, -0.15) is 0 Å². The molecule has 6 heteroatoms. The molecule has 130 valence electrons. The molecule has 0 aliphatic carbocycles. The normalized spacial score (nSPS) is 17.4. The number of nitrogens with zero attached hydrogens (tertiary/aromatic N) is 1. The molecule has 1 fully saturated rings. The van der Waals surface area contributed by atoms with Crippen LogP contribution < -0.4 is 4.74 Å². The van der Waals surface area contributed by atoms with E-state index in [1.165, 1.54) is 6.92 Å². The Kier molecular flexibility index (Phi) is 6.35. The second-order valence-corrected chi connectivity index (χ2v) is 6.05. The van der Waals surface area contributed by atoms with E-state index in [1.807, 2.05) is 0 Å². The van der Waals surface area contributed by atoms with E-state index in [1.54, 1.807) is 29.2 Å². The molecule has 1 N–H and O–H groups in total. The molecule has 1 aliphatic rings. The molecule has 0 bridgehead atoms. The SMILES string of the molecule is CC(=O)c1cccc(OCCCC(=O)N2CCCC(C(=O)O)C2)c1. The van der Waals surface area contributed by atoms with Crippen molar-refractivity contribution < 1.29 is 24.2 Å². The topological polar surface area (TPSA) is 83.9 Å². The van der Waals surface area contributed by atoms with Gasteiger partial charge in [0.15, 0.2) is 5.78 Å². The van der Waals surface area contributed by atoms with Gasteiger partial charge in [0.25, 0.3) is 0 Å². The van der Waals surface area contributed by atoms with Gasteiger partial charge in [-0.25, -0.2) is 0 Å². The average molecular weight is 333 g/mol. The third-order valence-electron chi connectivity index (χ3n) is 4.17. The number of carboxylic acids is 1. The highest BCUT2D eigenvalue weighted by molar-refractivity contribution is 5.94. The van der Waals surface area contributed by atoms with Crippen LogP contribution in [0, 0.1) is 5.92 Å². The number of amides is 1. The minimum atomic E-state index is -0.832. The number of Topliss-reactive ketones (excluding diaryl/α,β-unsaturated/α-hetero) is 1. The summed E-state index contributed by atoms with van der Waals surface area (Å²) in [7, 11) is 0. The second-order valence-electron chi connectivity index (χ2n) is 6.05. The first-order valence-electron chi connectivity index (χ1n) is 8.21. The Bertz CT molecular complexity index is 613. The number of hydrogen-bond acceptors (Lipinski definition) is 4. The van der Waals surface area contributed by atoms with Crippen LogP contribution in [-0.2, 0) is 9.59 Å². The molecule has 1 aromatic rings. The molecule has 1 unspecified atom stereocenters. The zero-order valence-electron chi connectivity index (χ0n) is 13.9. The smallest absolute Gasteiger partial charge is 0.308 e. The molecule has 1 aromatic carbocycles. The number of aliphatic carboxylic acids is 1. The summed E-state index contributed by atoms with van der Waals surface area (Å²) in [5, 5.41) is 9.06. The predicted octanol–water partition coefficient (Wildman–Crippen LogP) is 2.37.